The van der Waals surface area contributed by atoms with Gasteiger partial charge in [0, 0.05) is 32.9 Å². The second kappa shape index (κ2) is 8.01. The lowest BCUT2D eigenvalue weighted by Crippen LogP contribution is -2.40. The smallest absolute Gasteiger partial charge is 0.305 e. The average molecular weight is 254 g/mol. The molecule has 18 heavy (non-hydrogen) atoms. The van der Waals surface area contributed by atoms with Crippen LogP contribution in [-0.4, -0.2) is 35.7 Å². The first-order chi connectivity index (χ1) is 8.65. The third-order valence-corrected chi connectivity index (χ3v) is 3.17. The number of carbonyl (C=O) groups is 1. The summed E-state index contributed by atoms with van der Waals surface area (Å²) >= 11 is 0. The number of nitrogens with zero attached hydrogens (tertiary/aromatic N) is 2. The van der Waals surface area contributed by atoms with Gasteiger partial charge in [-0.15, -0.1) is 0 Å². The van der Waals surface area contributed by atoms with E-state index in [1.54, 1.807) is 0 Å². The molecule has 0 aliphatic carbocycles. The second-order valence-corrected chi connectivity index (χ2v) is 4.90. The summed E-state index contributed by atoms with van der Waals surface area (Å²) in [5, 5.41) is 0. The van der Waals surface area contributed by atoms with E-state index in [2.05, 4.69) is 11.8 Å². The van der Waals surface area contributed by atoms with E-state index < -0.39 is 0 Å². The van der Waals surface area contributed by atoms with Gasteiger partial charge in [0.15, 0.2) is 0 Å². The minimum absolute atomic E-state index is 0.233. The van der Waals surface area contributed by atoms with E-state index >= 15 is 0 Å². The van der Waals surface area contributed by atoms with Crippen molar-refractivity contribution >= 4 is 5.97 Å². The summed E-state index contributed by atoms with van der Waals surface area (Å²) in [5.74, 6) is -0.233. The molecule has 104 valence electrons. The fraction of sp³-hybridized carbons (Fsp3) is 0.786. The van der Waals surface area contributed by atoms with Crippen LogP contribution in [0.3, 0.4) is 0 Å². The molecule has 1 aliphatic rings. The van der Waals surface area contributed by atoms with E-state index in [0.717, 1.165) is 13.0 Å². The number of unbranched alkanes of at least 4 members (excludes halogenated alkanes) is 5. The van der Waals surface area contributed by atoms with E-state index in [0.29, 0.717) is 0 Å². The highest BCUT2D eigenvalue weighted by atomic mass is 16.6. The monoisotopic (exact) mass is 254 g/mol. The maximum atomic E-state index is 11.0. The summed E-state index contributed by atoms with van der Waals surface area (Å²) in [6.07, 6.45) is 11.4. The second-order valence-electron chi connectivity index (χ2n) is 4.90. The zero-order chi connectivity index (χ0) is 13.4. The summed E-state index contributed by atoms with van der Waals surface area (Å²) in [4.78, 5) is 15.0. The first-order valence-electron chi connectivity index (χ1n) is 6.98. The summed E-state index contributed by atoms with van der Waals surface area (Å²) in [7, 11) is 1.92. The van der Waals surface area contributed by atoms with Gasteiger partial charge in [0.25, 0.3) is 6.35 Å². The van der Waals surface area contributed by atoms with Crippen LogP contribution >= 0.6 is 0 Å². The van der Waals surface area contributed by atoms with Gasteiger partial charge < -0.3 is 14.5 Å². The topological polar surface area (TPSA) is 32.8 Å². The summed E-state index contributed by atoms with van der Waals surface area (Å²) in [6, 6.07) is 0. The van der Waals surface area contributed by atoms with Crippen LogP contribution in [0.25, 0.3) is 0 Å². The van der Waals surface area contributed by atoms with Crippen LogP contribution in [0, 0.1) is 0 Å². The van der Waals surface area contributed by atoms with Crippen molar-refractivity contribution in [2.45, 2.75) is 58.7 Å². The molecule has 1 rings (SSSR count). The van der Waals surface area contributed by atoms with Crippen molar-refractivity contribution in [2.75, 3.05) is 13.6 Å². The van der Waals surface area contributed by atoms with Crippen molar-refractivity contribution in [2.24, 2.45) is 0 Å². The van der Waals surface area contributed by atoms with Gasteiger partial charge in [-0.3, -0.25) is 4.79 Å². The molecule has 1 atom stereocenters. The van der Waals surface area contributed by atoms with Gasteiger partial charge in [-0.1, -0.05) is 39.0 Å². The Morgan fingerprint density at radius 1 is 1.17 bits per heavy atom. The molecule has 0 N–H and O–H groups in total. The first-order valence-corrected chi connectivity index (χ1v) is 6.98. The molecule has 0 saturated heterocycles. The molecule has 4 nitrogen and oxygen atoms in total. The predicted octanol–water partition coefficient (Wildman–Crippen LogP) is 2.91. The molecule has 0 aromatic carbocycles. The zero-order valence-electron chi connectivity index (χ0n) is 11.9. The van der Waals surface area contributed by atoms with Crippen LogP contribution < -0.4 is 0 Å². The van der Waals surface area contributed by atoms with Crippen LogP contribution in [0.1, 0.15) is 52.4 Å². The number of hydrogen-bond donors (Lipinski definition) is 0. The van der Waals surface area contributed by atoms with Gasteiger partial charge in [0.05, 0.1) is 0 Å². The van der Waals surface area contributed by atoms with E-state index in [-0.39, 0.29) is 12.3 Å². The third-order valence-electron chi connectivity index (χ3n) is 3.17. The van der Waals surface area contributed by atoms with Crippen molar-refractivity contribution in [3.63, 3.8) is 0 Å². The number of esters is 1. The van der Waals surface area contributed by atoms with E-state index in [1.165, 1.54) is 39.0 Å². The Bertz CT molecular complexity index is 279. The predicted molar refractivity (Wildman–Crippen MR) is 72.5 cm³/mol. The molecule has 0 aromatic rings. The van der Waals surface area contributed by atoms with Crippen molar-refractivity contribution in [1.82, 2.24) is 9.80 Å². The van der Waals surface area contributed by atoms with Crippen LogP contribution in [0.2, 0.25) is 0 Å². The van der Waals surface area contributed by atoms with Crippen molar-refractivity contribution in [1.29, 1.82) is 0 Å². The lowest BCUT2D eigenvalue weighted by Gasteiger charge is -2.29. The lowest BCUT2D eigenvalue weighted by atomic mass is 10.1. The summed E-state index contributed by atoms with van der Waals surface area (Å²) in [6.45, 7) is 4.63. The molecule has 4 heteroatoms. The normalized spacial score (nSPS) is 18.5. The lowest BCUT2D eigenvalue weighted by molar-refractivity contribution is -0.164. The standard InChI is InChI=1S/C14H26N2O2/c1-4-5-6-7-8-9-10-16-12-11-15(3)14(16)18-13(2)17/h11-12,14H,4-10H2,1-3H3. The Hall–Kier alpha value is -1.19. The van der Waals surface area contributed by atoms with Crippen LogP contribution in [0.15, 0.2) is 12.4 Å². The fourth-order valence-electron chi connectivity index (χ4n) is 2.13. The van der Waals surface area contributed by atoms with Gasteiger partial charge in [0.1, 0.15) is 0 Å². The number of ether oxygens (including phenoxy) is 1. The van der Waals surface area contributed by atoms with Gasteiger partial charge in [0.2, 0.25) is 0 Å². The van der Waals surface area contributed by atoms with E-state index in [1.807, 2.05) is 24.3 Å². The van der Waals surface area contributed by atoms with Crippen LogP contribution in [-0.2, 0) is 9.53 Å². The highest BCUT2D eigenvalue weighted by Gasteiger charge is 2.25. The molecule has 0 radical (unpaired) electrons. The SMILES string of the molecule is CCCCCCCCN1C=CN(C)C1OC(C)=O. The van der Waals surface area contributed by atoms with Gasteiger partial charge in [-0.2, -0.15) is 0 Å². The molecule has 1 aliphatic heterocycles. The minimum Gasteiger partial charge on any atom is -0.423 e. The van der Waals surface area contributed by atoms with Gasteiger partial charge in [-0.05, 0) is 6.42 Å². The fourth-order valence-corrected chi connectivity index (χ4v) is 2.13. The molecule has 0 fully saturated rings. The Morgan fingerprint density at radius 2 is 1.83 bits per heavy atom. The minimum atomic E-state index is -0.252. The number of rotatable bonds is 8. The third kappa shape index (κ3) is 4.98. The van der Waals surface area contributed by atoms with Crippen LogP contribution in [0.4, 0.5) is 0 Å². The van der Waals surface area contributed by atoms with Gasteiger partial charge in [-0.25, -0.2) is 0 Å². The summed E-state index contributed by atoms with van der Waals surface area (Å²) in [5.41, 5.74) is 0. The number of hydrogen-bond acceptors (Lipinski definition) is 4. The molecule has 1 unspecified atom stereocenters. The molecule has 0 spiro atoms. The Kier molecular flexibility index (Phi) is 6.61. The Labute approximate surface area is 111 Å². The largest absolute Gasteiger partial charge is 0.423 e. The molecule has 0 aromatic heterocycles. The molecular weight excluding hydrogens is 228 g/mol. The maximum absolute atomic E-state index is 11.0. The Morgan fingerprint density at radius 3 is 2.50 bits per heavy atom. The molecule has 0 bridgehead atoms. The van der Waals surface area contributed by atoms with Crippen molar-refractivity contribution in [3.05, 3.63) is 12.4 Å². The molecular formula is C14H26N2O2. The van der Waals surface area contributed by atoms with Gasteiger partial charge >= 0.3 is 5.97 Å². The zero-order valence-corrected chi connectivity index (χ0v) is 11.9. The molecule has 0 saturated carbocycles. The van der Waals surface area contributed by atoms with Crippen molar-refractivity contribution in [3.8, 4) is 0 Å². The first kappa shape index (κ1) is 14.9. The Balaban J connectivity index is 2.19. The highest BCUT2D eigenvalue weighted by Crippen LogP contribution is 2.16. The van der Waals surface area contributed by atoms with E-state index in [4.69, 9.17) is 4.74 Å². The van der Waals surface area contributed by atoms with Crippen molar-refractivity contribution < 1.29 is 9.53 Å². The average Bonchev–Trinajstić information content (AvgIpc) is 2.65. The quantitative estimate of drug-likeness (QED) is 0.492. The van der Waals surface area contributed by atoms with Crippen LogP contribution in [0.5, 0.6) is 0 Å². The molecule has 1 heterocycles. The number of carbonyl (C=O) groups excluding carboxylic acids is 1. The molecule has 0 amide bonds. The van der Waals surface area contributed by atoms with E-state index in [9.17, 15) is 4.79 Å². The highest BCUT2D eigenvalue weighted by molar-refractivity contribution is 5.66. The maximum Gasteiger partial charge on any atom is 0.305 e. The summed E-state index contributed by atoms with van der Waals surface area (Å²) < 4.78 is 5.28.